The molecule has 2 N–H and O–H groups in total. The Morgan fingerprint density at radius 2 is 2.05 bits per heavy atom. The zero-order chi connectivity index (χ0) is 15.5. The highest BCUT2D eigenvalue weighted by Gasteiger charge is 2.06. The van der Waals surface area contributed by atoms with Crippen LogP contribution in [-0.4, -0.2) is 27.2 Å². The lowest BCUT2D eigenvalue weighted by Gasteiger charge is -2.03. The minimum Gasteiger partial charge on any atom is -0.507 e. The first-order valence-electron chi connectivity index (χ1n) is 6.56. The maximum absolute atomic E-state index is 12.0. The van der Waals surface area contributed by atoms with Crippen molar-refractivity contribution in [2.45, 2.75) is 0 Å². The van der Waals surface area contributed by atoms with Crippen LogP contribution in [0.15, 0.2) is 47.5 Å². The molecular weight excluding hydrogens is 282 g/mol. The van der Waals surface area contributed by atoms with E-state index in [1.54, 1.807) is 49.8 Å². The number of methoxy groups -OCH3 is 1. The van der Waals surface area contributed by atoms with Crippen molar-refractivity contribution >= 4 is 22.9 Å². The van der Waals surface area contributed by atoms with Gasteiger partial charge < -0.3 is 14.8 Å². The molecule has 0 amide bonds. The van der Waals surface area contributed by atoms with E-state index in [-0.39, 0.29) is 17.0 Å². The van der Waals surface area contributed by atoms with Gasteiger partial charge in [-0.3, -0.25) is 9.78 Å². The fourth-order valence-corrected chi connectivity index (χ4v) is 2.02. The third kappa shape index (κ3) is 2.67. The van der Waals surface area contributed by atoms with Gasteiger partial charge in [0.05, 0.1) is 18.8 Å². The summed E-state index contributed by atoms with van der Waals surface area (Å²) in [6, 6.07) is 8.51. The second kappa shape index (κ2) is 5.69. The van der Waals surface area contributed by atoms with Gasteiger partial charge in [0.1, 0.15) is 22.7 Å². The third-order valence-electron chi connectivity index (χ3n) is 3.18. The average molecular weight is 295 g/mol. The number of aliphatic hydroxyl groups excluding tert-OH is 1. The topological polar surface area (TPSA) is 88.1 Å². The Bertz CT molecular complexity index is 898. The Labute approximate surface area is 125 Å². The zero-order valence-electron chi connectivity index (χ0n) is 11.8. The van der Waals surface area contributed by atoms with Crippen molar-refractivity contribution in [1.82, 2.24) is 15.0 Å². The van der Waals surface area contributed by atoms with E-state index in [1.165, 1.54) is 6.08 Å². The van der Waals surface area contributed by atoms with Crippen LogP contribution >= 0.6 is 0 Å². The number of aromatic nitrogens is 3. The largest absolute Gasteiger partial charge is 0.507 e. The predicted octanol–water partition coefficient (Wildman–Crippen LogP) is 2.38. The van der Waals surface area contributed by atoms with Crippen molar-refractivity contribution in [2.75, 3.05) is 7.11 Å². The maximum Gasteiger partial charge on any atom is 0.274 e. The molecule has 0 fully saturated rings. The SMILES string of the molecule is COc1ccc(/C(O)=C/c2nc3cnccc3[nH]c2=O)cc1. The first kappa shape index (κ1) is 13.8. The molecule has 0 aliphatic rings. The number of aromatic amines is 1. The van der Waals surface area contributed by atoms with Gasteiger partial charge in [0.15, 0.2) is 0 Å². The van der Waals surface area contributed by atoms with Gasteiger partial charge in [-0.05, 0) is 30.3 Å². The summed E-state index contributed by atoms with van der Waals surface area (Å²) in [5.74, 6) is 0.633. The molecule has 0 radical (unpaired) electrons. The molecule has 3 aromatic rings. The molecule has 2 heterocycles. The summed E-state index contributed by atoms with van der Waals surface area (Å²) in [5.41, 5.74) is 1.46. The standard InChI is InChI=1S/C16H13N3O3/c1-22-11-4-2-10(3-5-11)15(20)8-13-16(21)19-12-6-7-17-9-14(12)18-13/h2-9,20H,1H3,(H,19,21)/b15-8-. The minimum absolute atomic E-state index is 0.0520. The van der Waals surface area contributed by atoms with Crippen LogP contribution in [0.1, 0.15) is 11.3 Å². The van der Waals surface area contributed by atoms with Crippen molar-refractivity contribution in [3.05, 3.63) is 64.3 Å². The summed E-state index contributed by atoms with van der Waals surface area (Å²) in [5, 5.41) is 10.1. The summed E-state index contributed by atoms with van der Waals surface area (Å²) < 4.78 is 5.06. The number of H-pyrrole nitrogens is 1. The monoisotopic (exact) mass is 295 g/mol. The van der Waals surface area contributed by atoms with Gasteiger partial charge >= 0.3 is 0 Å². The number of rotatable bonds is 3. The van der Waals surface area contributed by atoms with Crippen molar-refractivity contribution in [3.8, 4) is 5.75 Å². The maximum atomic E-state index is 12.0. The van der Waals surface area contributed by atoms with Crippen LogP contribution in [0.25, 0.3) is 22.9 Å². The fraction of sp³-hybridized carbons (Fsp3) is 0.0625. The Kier molecular flexibility index (Phi) is 3.57. The second-order valence-electron chi connectivity index (χ2n) is 4.60. The van der Waals surface area contributed by atoms with E-state index >= 15 is 0 Å². The number of ether oxygens (including phenoxy) is 1. The lowest BCUT2D eigenvalue weighted by molar-refractivity contribution is 0.414. The molecule has 0 saturated carbocycles. The van der Waals surface area contributed by atoms with Crippen LogP contribution in [0.5, 0.6) is 5.75 Å². The summed E-state index contributed by atoms with van der Waals surface area (Å²) in [6.45, 7) is 0. The molecule has 6 nitrogen and oxygen atoms in total. The molecular formula is C16H13N3O3. The van der Waals surface area contributed by atoms with E-state index in [1.807, 2.05) is 0 Å². The second-order valence-corrected chi connectivity index (χ2v) is 4.60. The predicted molar refractivity (Wildman–Crippen MR) is 83.7 cm³/mol. The smallest absolute Gasteiger partial charge is 0.274 e. The normalized spacial score (nSPS) is 11.6. The van der Waals surface area contributed by atoms with E-state index < -0.39 is 0 Å². The van der Waals surface area contributed by atoms with Crippen LogP contribution in [0.4, 0.5) is 0 Å². The van der Waals surface area contributed by atoms with Gasteiger partial charge in [0.2, 0.25) is 0 Å². The Morgan fingerprint density at radius 3 is 2.77 bits per heavy atom. The highest BCUT2D eigenvalue weighted by molar-refractivity contribution is 5.78. The van der Waals surface area contributed by atoms with Crippen LogP contribution < -0.4 is 10.3 Å². The number of nitrogens with one attached hydrogen (secondary N) is 1. The highest BCUT2D eigenvalue weighted by atomic mass is 16.5. The van der Waals surface area contributed by atoms with Gasteiger partial charge in [-0.2, -0.15) is 0 Å². The number of hydrogen-bond donors (Lipinski definition) is 2. The van der Waals surface area contributed by atoms with E-state index in [9.17, 15) is 9.90 Å². The molecule has 3 rings (SSSR count). The molecule has 1 aromatic carbocycles. The first-order valence-corrected chi connectivity index (χ1v) is 6.56. The quantitative estimate of drug-likeness (QED) is 0.724. The van der Waals surface area contributed by atoms with Crippen LogP contribution in [0.2, 0.25) is 0 Å². The molecule has 0 bridgehead atoms. The molecule has 0 saturated heterocycles. The molecule has 22 heavy (non-hydrogen) atoms. The van der Waals surface area contributed by atoms with Crippen molar-refractivity contribution in [1.29, 1.82) is 0 Å². The third-order valence-corrected chi connectivity index (χ3v) is 3.18. The summed E-state index contributed by atoms with van der Waals surface area (Å²) in [4.78, 5) is 22.9. The molecule has 0 atom stereocenters. The molecule has 0 aliphatic carbocycles. The van der Waals surface area contributed by atoms with Gasteiger partial charge in [-0.1, -0.05) is 0 Å². The Hall–Kier alpha value is -3.15. The van der Waals surface area contributed by atoms with E-state index in [0.29, 0.717) is 22.3 Å². The lowest BCUT2D eigenvalue weighted by Crippen LogP contribution is -2.12. The molecule has 6 heteroatoms. The van der Waals surface area contributed by atoms with Crippen molar-refractivity contribution in [3.63, 3.8) is 0 Å². The number of hydrogen-bond acceptors (Lipinski definition) is 5. The average Bonchev–Trinajstić information content (AvgIpc) is 2.55. The number of pyridine rings is 1. The van der Waals surface area contributed by atoms with Crippen LogP contribution in [0.3, 0.4) is 0 Å². The fourth-order valence-electron chi connectivity index (χ4n) is 2.02. The minimum atomic E-state index is -0.376. The highest BCUT2D eigenvalue weighted by Crippen LogP contribution is 2.18. The summed E-state index contributed by atoms with van der Waals surface area (Å²) in [7, 11) is 1.57. The van der Waals surface area contributed by atoms with E-state index in [0.717, 1.165) is 0 Å². The summed E-state index contributed by atoms with van der Waals surface area (Å²) in [6.07, 6.45) is 4.45. The van der Waals surface area contributed by atoms with E-state index in [2.05, 4.69) is 15.0 Å². The number of aliphatic hydroxyl groups is 1. The molecule has 2 aromatic heterocycles. The van der Waals surface area contributed by atoms with Gasteiger partial charge in [0.25, 0.3) is 5.56 Å². The van der Waals surface area contributed by atoms with Gasteiger partial charge in [-0.25, -0.2) is 4.98 Å². The number of fused-ring (bicyclic) bond motifs is 1. The van der Waals surface area contributed by atoms with Crippen molar-refractivity contribution < 1.29 is 9.84 Å². The van der Waals surface area contributed by atoms with E-state index in [4.69, 9.17) is 4.74 Å². The van der Waals surface area contributed by atoms with Crippen LogP contribution in [-0.2, 0) is 0 Å². The lowest BCUT2D eigenvalue weighted by atomic mass is 10.1. The van der Waals surface area contributed by atoms with Gasteiger partial charge in [0, 0.05) is 17.8 Å². The number of nitrogens with zero attached hydrogens (tertiary/aromatic N) is 2. The summed E-state index contributed by atoms with van der Waals surface area (Å²) >= 11 is 0. The molecule has 0 spiro atoms. The van der Waals surface area contributed by atoms with Crippen LogP contribution in [0, 0.1) is 0 Å². The Balaban J connectivity index is 2.02. The van der Waals surface area contributed by atoms with Crippen molar-refractivity contribution in [2.24, 2.45) is 0 Å². The number of benzene rings is 1. The zero-order valence-corrected chi connectivity index (χ0v) is 11.8. The molecule has 0 unspecified atom stereocenters. The molecule has 0 aliphatic heterocycles. The Morgan fingerprint density at radius 1 is 1.27 bits per heavy atom. The first-order chi connectivity index (χ1) is 10.7. The molecule has 110 valence electrons. The van der Waals surface area contributed by atoms with Gasteiger partial charge in [-0.15, -0.1) is 0 Å².